The number of fused-ring (bicyclic) bond motifs is 1. The van der Waals surface area contributed by atoms with Crippen LogP contribution < -0.4 is 5.73 Å². The number of hydrogen-bond donors (Lipinski definition) is 1. The van der Waals surface area contributed by atoms with Crippen LogP contribution in [0.1, 0.15) is 0 Å². The minimum Gasteiger partial charge on any atom is -0.381 e. The Kier molecular flexibility index (Phi) is 1.43. The average molecular weight is 162 g/mol. The number of nitrogens with two attached hydrogens (primary N) is 1. The molecule has 0 fully saturated rings. The number of rotatable bonds is 0. The van der Waals surface area contributed by atoms with Gasteiger partial charge < -0.3 is 5.73 Å². The number of anilines is 1. The molecule has 0 amide bonds. The predicted octanol–water partition coefficient (Wildman–Crippen LogP) is 1.96. The van der Waals surface area contributed by atoms with E-state index in [9.17, 15) is 4.39 Å². The molecule has 0 saturated carbocycles. The monoisotopic (exact) mass is 162 g/mol. The van der Waals surface area contributed by atoms with Gasteiger partial charge in [0, 0.05) is 5.39 Å². The highest BCUT2D eigenvalue weighted by molar-refractivity contribution is 5.79. The van der Waals surface area contributed by atoms with Gasteiger partial charge in [-0.3, -0.25) is 0 Å². The third-order valence-electron chi connectivity index (χ3n) is 1.70. The molecular weight excluding hydrogens is 155 g/mol. The van der Waals surface area contributed by atoms with Gasteiger partial charge in [0.1, 0.15) is 0 Å². The smallest absolute Gasteiger partial charge is 0.165 e. The molecule has 12 heavy (non-hydrogen) atoms. The Bertz CT molecular complexity index is 385. The van der Waals surface area contributed by atoms with E-state index in [1.807, 2.05) is 12.1 Å². The van der Waals surface area contributed by atoms with Crippen LogP contribution in [0, 0.1) is 5.82 Å². The molecule has 1 aromatic carbocycles. The highest BCUT2D eigenvalue weighted by Gasteiger charge is 2.00. The standard InChI is InChI=1S/C9H7FN2/c10-7-5-6-3-1-2-4-8(6)12-9(7)11/h1-5H,(H2,11,12). The van der Waals surface area contributed by atoms with Gasteiger partial charge in [-0.2, -0.15) is 0 Å². The molecule has 2 aromatic rings. The van der Waals surface area contributed by atoms with Crippen LogP contribution in [-0.2, 0) is 0 Å². The SMILES string of the molecule is Nc1nc2ccccc2cc1F. The van der Waals surface area contributed by atoms with E-state index < -0.39 is 5.82 Å². The third kappa shape index (κ3) is 0.993. The van der Waals surface area contributed by atoms with Crippen LogP contribution in [0.5, 0.6) is 0 Å². The van der Waals surface area contributed by atoms with Gasteiger partial charge in [-0.1, -0.05) is 18.2 Å². The molecule has 2 N–H and O–H groups in total. The summed E-state index contributed by atoms with van der Waals surface area (Å²) >= 11 is 0. The van der Waals surface area contributed by atoms with Gasteiger partial charge >= 0.3 is 0 Å². The average Bonchev–Trinajstić information content (AvgIpc) is 2.07. The molecule has 0 aliphatic rings. The van der Waals surface area contributed by atoms with Gasteiger partial charge in [-0.15, -0.1) is 0 Å². The molecule has 2 nitrogen and oxygen atoms in total. The van der Waals surface area contributed by atoms with Crippen molar-refractivity contribution < 1.29 is 4.39 Å². The third-order valence-corrected chi connectivity index (χ3v) is 1.70. The second kappa shape index (κ2) is 2.44. The lowest BCUT2D eigenvalue weighted by Crippen LogP contribution is -1.94. The van der Waals surface area contributed by atoms with Gasteiger partial charge in [0.15, 0.2) is 11.6 Å². The number of nitrogen functional groups attached to an aromatic ring is 1. The van der Waals surface area contributed by atoms with E-state index in [2.05, 4.69) is 4.98 Å². The van der Waals surface area contributed by atoms with Crippen molar-refractivity contribution in [2.24, 2.45) is 0 Å². The topological polar surface area (TPSA) is 38.9 Å². The highest BCUT2D eigenvalue weighted by Crippen LogP contribution is 2.15. The molecular formula is C9H7FN2. The van der Waals surface area contributed by atoms with Crippen molar-refractivity contribution in [3.05, 3.63) is 36.1 Å². The summed E-state index contributed by atoms with van der Waals surface area (Å²) in [6.07, 6.45) is 0. The first-order valence-corrected chi connectivity index (χ1v) is 3.58. The molecule has 3 heteroatoms. The zero-order chi connectivity index (χ0) is 8.55. The van der Waals surface area contributed by atoms with E-state index in [4.69, 9.17) is 5.73 Å². The highest BCUT2D eigenvalue weighted by atomic mass is 19.1. The van der Waals surface area contributed by atoms with Crippen LogP contribution in [-0.4, -0.2) is 4.98 Å². The number of nitrogens with zero attached hydrogens (tertiary/aromatic N) is 1. The molecule has 0 aliphatic carbocycles. The quantitative estimate of drug-likeness (QED) is 0.643. The Balaban J connectivity index is 2.84. The summed E-state index contributed by atoms with van der Waals surface area (Å²) in [5.41, 5.74) is 6.02. The fourth-order valence-electron chi connectivity index (χ4n) is 1.11. The molecule has 1 heterocycles. The zero-order valence-corrected chi connectivity index (χ0v) is 6.29. The Morgan fingerprint density at radius 1 is 1.25 bits per heavy atom. The van der Waals surface area contributed by atoms with Gasteiger partial charge in [0.2, 0.25) is 0 Å². The molecule has 1 aromatic heterocycles. The van der Waals surface area contributed by atoms with Crippen molar-refractivity contribution in [3.63, 3.8) is 0 Å². The summed E-state index contributed by atoms with van der Waals surface area (Å²) in [5.74, 6) is -0.512. The van der Waals surface area contributed by atoms with Crippen molar-refractivity contribution in [3.8, 4) is 0 Å². The number of pyridine rings is 1. The summed E-state index contributed by atoms with van der Waals surface area (Å²) in [6.45, 7) is 0. The normalized spacial score (nSPS) is 10.4. The van der Waals surface area contributed by atoms with Gasteiger partial charge in [0.25, 0.3) is 0 Å². The van der Waals surface area contributed by atoms with Crippen molar-refractivity contribution in [1.29, 1.82) is 0 Å². The van der Waals surface area contributed by atoms with E-state index in [0.29, 0.717) is 0 Å². The van der Waals surface area contributed by atoms with Crippen LogP contribution in [0.3, 0.4) is 0 Å². The Hall–Kier alpha value is -1.64. The van der Waals surface area contributed by atoms with Crippen LogP contribution in [0.15, 0.2) is 30.3 Å². The number of aromatic nitrogens is 1. The summed E-state index contributed by atoms with van der Waals surface area (Å²) in [5, 5.41) is 0.768. The first kappa shape index (κ1) is 7.03. The summed E-state index contributed by atoms with van der Waals surface area (Å²) in [6, 6.07) is 8.65. The summed E-state index contributed by atoms with van der Waals surface area (Å²) in [4.78, 5) is 3.88. The second-order valence-corrected chi connectivity index (χ2v) is 2.55. The summed E-state index contributed by atoms with van der Waals surface area (Å²) < 4.78 is 12.9. The summed E-state index contributed by atoms with van der Waals surface area (Å²) in [7, 11) is 0. The van der Waals surface area contributed by atoms with Crippen molar-refractivity contribution >= 4 is 16.7 Å². The minimum atomic E-state index is -0.464. The first-order chi connectivity index (χ1) is 5.77. The van der Waals surface area contributed by atoms with Gasteiger partial charge in [-0.25, -0.2) is 9.37 Å². The minimum absolute atomic E-state index is 0.0475. The molecule has 0 bridgehead atoms. The Labute approximate surface area is 68.8 Å². The lowest BCUT2D eigenvalue weighted by Gasteiger charge is -1.98. The van der Waals surface area contributed by atoms with Crippen molar-refractivity contribution in [2.45, 2.75) is 0 Å². The molecule has 2 rings (SSSR count). The van der Waals surface area contributed by atoms with E-state index in [0.717, 1.165) is 10.9 Å². The number of hydrogen-bond acceptors (Lipinski definition) is 2. The fraction of sp³-hybridized carbons (Fsp3) is 0. The molecule has 60 valence electrons. The van der Waals surface area contributed by atoms with Crippen LogP contribution in [0.4, 0.5) is 10.2 Å². The molecule has 0 unspecified atom stereocenters. The van der Waals surface area contributed by atoms with E-state index in [-0.39, 0.29) is 5.82 Å². The lowest BCUT2D eigenvalue weighted by molar-refractivity contribution is 0.630. The maximum atomic E-state index is 12.9. The molecule has 0 spiro atoms. The fourth-order valence-corrected chi connectivity index (χ4v) is 1.11. The Morgan fingerprint density at radius 2 is 2.00 bits per heavy atom. The second-order valence-electron chi connectivity index (χ2n) is 2.55. The van der Waals surface area contributed by atoms with Crippen molar-refractivity contribution in [1.82, 2.24) is 4.98 Å². The number of para-hydroxylation sites is 1. The van der Waals surface area contributed by atoms with Crippen LogP contribution in [0.25, 0.3) is 10.9 Å². The zero-order valence-electron chi connectivity index (χ0n) is 6.29. The molecule has 0 aliphatic heterocycles. The van der Waals surface area contributed by atoms with E-state index >= 15 is 0 Å². The maximum Gasteiger partial charge on any atom is 0.165 e. The Morgan fingerprint density at radius 3 is 2.83 bits per heavy atom. The van der Waals surface area contributed by atoms with Gasteiger partial charge in [0.05, 0.1) is 5.52 Å². The van der Waals surface area contributed by atoms with Crippen LogP contribution in [0.2, 0.25) is 0 Å². The van der Waals surface area contributed by atoms with Crippen LogP contribution >= 0.6 is 0 Å². The maximum absolute atomic E-state index is 12.9. The van der Waals surface area contributed by atoms with Gasteiger partial charge in [-0.05, 0) is 12.1 Å². The molecule has 0 radical (unpaired) electrons. The number of halogens is 1. The first-order valence-electron chi connectivity index (χ1n) is 3.58. The van der Waals surface area contributed by atoms with E-state index in [1.54, 1.807) is 12.1 Å². The van der Waals surface area contributed by atoms with E-state index in [1.165, 1.54) is 6.07 Å². The molecule has 0 saturated heterocycles. The number of benzene rings is 1. The molecule has 0 atom stereocenters. The van der Waals surface area contributed by atoms with Crippen molar-refractivity contribution in [2.75, 3.05) is 5.73 Å². The largest absolute Gasteiger partial charge is 0.381 e. The predicted molar refractivity (Wildman–Crippen MR) is 46.1 cm³/mol. The lowest BCUT2D eigenvalue weighted by atomic mass is 10.2.